The highest BCUT2D eigenvalue weighted by atomic mass is 79.9. The third-order valence-electron chi connectivity index (χ3n) is 2.39. The van der Waals surface area contributed by atoms with E-state index in [0.717, 1.165) is 0 Å². The molecule has 7 heteroatoms. The van der Waals surface area contributed by atoms with Gasteiger partial charge in [-0.2, -0.15) is 0 Å². The second-order valence-corrected chi connectivity index (χ2v) is 4.25. The van der Waals surface area contributed by atoms with Crippen molar-refractivity contribution in [3.8, 4) is 0 Å². The van der Waals surface area contributed by atoms with Crippen molar-refractivity contribution in [1.29, 1.82) is 0 Å². The zero-order chi connectivity index (χ0) is 11.5. The summed E-state index contributed by atoms with van der Waals surface area (Å²) in [7, 11) is 0. The van der Waals surface area contributed by atoms with Crippen molar-refractivity contribution < 1.29 is 4.79 Å². The third-order valence-corrected chi connectivity index (χ3v) is 3.11. The third kappa shape index (κ3) is 2.24. The zero-order valence-corrected chi connectivity index (χ0v) is 10.1. The average Bonchev–Trinajstić information content (AvgIpc) is 2.47. The maximum atomic E-state index is 11.4. The first-order valence-electron chi connectivity index (χ1n) is 4.93. The molecule has 0 bridgehead atoms. The lowest BCUT2D eigenvalue weighted by Gasteiger charge is -2.20. The smallest absolute Gasteiger partial charge is 0.267 e. The van der Waals surface area contributed by atoms with Gasteiger partial charge in [-0.25, -0.2) is 4.98 Å². The van der Waals surface area contributed by atoms with Gasteiger partial charge in [0.15, 0.2) is 0 Å². The molecule has 0 atom stereocenters. The number of anilines is 1. The summed E-state index contributed by atoms with van der Waals surface area (Å²) >= 11 is 3.20. The molecule has 0 radical (unpaired) electrons. The summed E-state index contributed by atoms with van der Waals surface area (Å²) in [5.41, 5.74) is -0.214. The quantitative estimate of drug-likeness (QED) is 0.753. The Labute approximate surface area is 100 Å². The molecule has 2 N–H and O–H groups in total. The van der Waals surface area contributed by atoms with Crippen molar-refractivity contribution in [1.82, 2.24) is 15.3 Å². The number of aromatic nitrogens is 2. The van der Waals surface area contributed by atoms with Gasteiger partial charge in [-0.15, -0.1) is 0 Å². The van der Waals surface area contributed by atoms with Crippen molar-refractivity contribution >= 4 is 27.7 Å². The Kier molecular flexibility index (Phi) is 3.23. The minimum Gasteiger partial charge on any atom is -0.354 e. The van der Waals surface area contributed by atoms with E-state index in [0.29, 0.717) is 36.3 Å². The van der Waals surface area contributed by atoms with Crippen molar-refractivity contribution in [2.24, 2.45) is 0 Å². The molecule has 16 heavy (non-hydrogen) atoms. The number of carbonyl (C=O) groups excluding carboxylic acids is 1. The normalized spacial score (nSPS) is 16.8. The maximum Gasteiger partial charge on any atom is 0.267 e. The lowest BCUT2D eigenvalue weighted by molar-refractivity contribution is -0.120. The number of amides is 1. The summed E-state index contributed by atoms with van der Waals surface area (Å²) in [4.78, 5) is 31.1. The van der Waals surface area contributed by atoms with Crippen LogP contribution in [-0.2, 0) is 4.79 Å². The lowest BCUT2D eigenvalue weighted by atomic mass is 10.3. The Hall–Kier alpha value is -1.37. The molecule has 86 valence electrons. The highest BCUT2D eigenvalue weighted by Gasteiger charge is 2.17. The highest BCUT2D eigenvalue weighted by molar-refractivity contribution is 9.10. The summed E-state index contributed by atoms with van der Waals surface area (Å²) in [5, 5.41) is 2.77. The second-order valence-electron chi connectivity index (χ2n) is 3.46. The van der Waals surface area contributed by atoms with Gasteiger partial charge in [-0.05, 0) is 15.9 Å². The number of halogens is 1. The second kappa shape index (κ2) is 4.65. The van der Waals surface area contributed by atoms with Crippen LogP contribution in [0, 0.1) is 0 Å². The Morgan fingerprint density at radius 3 is 3.00 bits per heavy atom. The number of rotatable bonds is 1. The van der Waals surface area contributed by atoms with Crippen LogP contribution in [0.4, 0.5) is 5.82 Å². The summed E-state index contributed by atoms with van der Waals surface area (Å²) < 4.78 is 0.407. The van der Waals surface area contributed by atoms with Gasteiger partial charge < -0.3 is 15.2 Å². The van der Waals surface area contributed by atoms with Gasteiger partial charge in [-0.1, -0.05) is 0 Å². The molecule has 1 aromatic heterocycles. The van der Waals surface area contributed by atoms with Gasteiger partial charge in [-0.3, -0.25) is 9.59 Å². The number of hydrogen-bond acceptors (Lipinski definition) is 4. The maximum absolute atomic E-state index is 11.4. The Bertz CT molecular complexity index is 459. The number of carbonyl (C=O) groups is 1. The SMILES string of the molecule is O=C1CCN(c2nc[nH]c(=O)c2Br)CCN1. The molecule has 2 heterocycles. The first-order valence-corrected chi connectivity index (χ1v) is 5.72. The van der Waals surface area contributed by atoms with E-state index >= 15 is 0 Å². The molecule has 1 saturated heterocycles. The van der Waals surface area contributed by atoms with Gasteiger partial charge in [0.2, 0.25) is 5.91 Å². The van der Waals surface area contributed by atoms with Crippen LogP contribution in [0.3, 0.4) is 0 Å². The molecule has 0 aromatic carbocycles. The Morgan fingerprint density at radius 2 is 2.19 bits per heavy atom. The van der Waals surface area contributed by atoms with Crippen molar-refractivity contribution in [3.63, 3.8) is 0 Å². The van der Waals surface area contributed by atoms with Gasteiger partial charge in [0.1, 0.15) is 10.3 Å². The Morgan fingerprint density at radius 1 is 1.38 bits per heavy atom. The number of nitrogens with one attached hydrogen (secondary N) is 2. The molecular weight excluding hydrogens is 276 g/mol. The van der Waals surface area contributed by atoms with Crippen molar-refractivity contribution in [2.75, 3.05) is 24.5 Å². The fourth-order valence-electron chi connectivity index (χ4n) is 1.57. The highest BCUT2D eigenvalue weighted by Crippen LogP contribution is 2.19. The molecule has 1 aliphatic rings. The summed E-state index contributed by atoms with van der Waals surface area (Å²) in [6.07, 6.45) is 1.78. The van der Waals surface area contributed by atoms with E-state index in [1.165, 1.54) is 6.33 Å². The standard InChI is InChI=1S/C9H11BrN4O2/c10-7-8(12-5-13-9(7)16)14-3-1-6(15)11-2-4-14/h5H,1-4H2,(H,11,15)(H,12,13,16). The molecule has 0 saturated carbocycles. The number of nitrogens with zero attached hydrogens (tertiary/aromatic N) is 2. The lowest BCUT2D eigenvalue weighted by Crippen LogP contribution is -2.30. The van der Waals surface area contributed by atoms with E-state index in [4.69, 9.17) is 0 Å². The number of hydrogen-bond donors (Lipinski definition) is 2. The molecule has 2 rings (SSSR count). The van der Waals surface area contributed by atoms with E-state index < -0.39 is 0 Å². The van der Waals surface area contributed by atoms with E-state index in [2.05, 4.69) is 31.2 Å². The van der Waals surface area contributed by atoms with E-state index in [1.54, 1.807) is 0 Å². The van der Waals surface area contributed by atoms with Gasteiger partial charge in [0, 0.05) is 26.1 Å². The molecule has 1 aliphatic heterocycles. The number of H-pyrrole nitrogens is 1. The summed E-state index contributed by atoms with van der Waals surface area (Å²) in [5.74, 6) is 0.615. The van der Waals surface area contributed by atoms with Crippen LogP contribution in [-0.4, -0.2) is 35.5 Å². The van der Waals surface area contributed by atoms with Crippen molar-refractivity contribution in [2.45, 2.75) is 6.42 Å². The minimum absolute atomic E-state index is 0.0310. The topological polar surface area (TPSA) is 78.1 Å². The van der Waals surface area contributed by atoms with Crippen molar-refractivity contribution in [3.05, 3.63) is 21.2 Å². The average molecular weight is 287 g/mol. The van der Waals surface area contributed by atoms with Gasteiger partial charge in [0.05, 0.1) is 6.33 Å². The number of aromatic amines is 1. The fourth-order valence-corrected chi connectivity index (χ4v) is 2.04. The molecular formula is C9H11BrN4O2. The van der Waals surface area contributed by atoms with E-state index in [9.17, 15) is 9.59 Å². The zero-order valence-electron chi connectivity index (χ0n) is 8.49. The first kappa shape index (κ1) is 11.1. The van der Waals surface area contributed by atoms with Gasteiger partial charge in [0.25, 0.3) is 5.56 Å². The van der Waals surface area contributed by atoms with Crippen LogP contribution in [0.1, 0.15) is 6.42 Å². The van der Waals surface area contributed by atoms with E-state index in [-0.39, 0.29) is 11.5 Å². The van der Waals surface area contributed by atoms with Crippen LogP contribution in [0.15, 0.2) is 15.6 Å². The summed E-state index contributed by atoms with van der Waals surface area (Å²) in [6.45, 7) is 1.79. The van der Waals surface area contributed by atoms with Crippen LogP contribution in [0.5, 0.6) is 0 Å². The summed E-state index contributed by atoms with van der Waals surface area (Å²) in [6, 6.07) is 0. The molecule has 1 amide bonds. The molecule has 6 nitrogen and oxygen atoms in total. The molecule has 1 fully saturated rings. The molecule has 0 aliphatic carbocycles. The minimum atomic E-state index is -0.214. The van der Waals surface area contributed by atoms with Crippen LogP contribution < -0.4 is 15.8 Å². The molecule has 1 aromatic rings. The van der Waals surface area contributed by atoms with Crippen LogP contribution in [0.25, 0.3) is 0 Å². The molecule has 0 unspecified atom stereocenters. The fraction of sp³-hybridized carbons (Fsp3) is 0.444. The van der Waals surface area contributed by atoms with Gasteiger partial charge >= 0.3 is 0 Å². The Balaban J connectivity index is 2.26. The predicted molar refractivity (Wildman–Crippen MR) is 62.4 cm³/mol. The van der Waals surface area contributed by atoms with Crippen LogP contribution >= 0.6 is 15.9 Å². The van der Waals surface area contributed by atoms with Crippen LogP contribution in [0.2, 0.25) is 0 Å². The monoisotopic (exact) mass is 286 g/mol. The largest absolute Gasteiger partial charge is 0.354 e. The predicted octanol–water partition coefficient (Wildman–Crippen LogP) is -0.141. The first-order chi connectivity index (χ1) is 7.68. The van der Waals surface area contributed by atoms with E-state index in [1.807, 2.05) is 4.90 Å². The molecule has 0 spiro atoms.